The van der Waals surface area contributed by atoms with E-state index in [2.05, 4.69) is 0 Å². The van der Waals surface area contributed by atoms with Crippen molar-refractivity contribution in [3.8, 4) is 0 Å². The molecule has 0 radical (unpaired) electrons. The highest BCUT2D eigenvalue weighted by Gasteiger charge is 2.44. The van der Waals surface area contributed by atoms with Gasteiger partial charge in [0.25, 0.3) is 0 Å². The van der Waals surface area contributed by atoms with E-state index in [0.717, 1.165) is 11.1 Å². The Morgan fingerprint density at radius 1 is 1.53 bits per heavy atom. The SMILES string of the molecule is CC(C)[C@H]1c2ccc(F)cc2CC[C@]1(O)CC(=O)O. The molecule has 0 aromatic heterocycles. The number of aryl methyl sites for hydroxylation is 1. The van der Waals surface area contributed by atoms with Crippen LogP contribution in [0, 0.1) is 11.7 Å². The van der Waals surface area contributed by atoms with Crippen LogP contribution in [0.15, 0.2) is 18.2 Å². The number of carbonyl (C=O) groups is 1. The Hall–Kier alpha value is -1.42. The molecule has 0 amide bonds. The molecule has 19 heavy (non-hydrogen) atoms. The zero-order chi connectivity index (χ0) is 14.2. The third kappa shape index (κ3) is 2.63. The number of carboxylic acid groups (broad SMARTS) is 1. The van der Waals surface area contributed by atoms with Crippen molar-refractivity contribution >= 4 is 5.97 Å². The van der Waals surface area contributed by atoms with Gasteiger partial charge in [0, 0.05) is 5.92 Å². The van der Waals surface area contributed by atoms with E-state index >= 15 is 0 Å². The molecule has 1 aromatic carbocycles. The van der Waals surface area contributed by atoms with Crippen LogP contribution in [0.25, 0.3) is 0 Å². The summed E-state index contributed by atoms with van der Waals surface area (Å²) in [4.78, 5) is 11.0. The largest absolute Gasteiger partial charge is 0.481 e. The molecule has 0 unspecified atom stereocenters. The third-order valence-electron chi connectivity index (χ3n) is 3.97. The number of hydrogen-bond acceptors (Lipinski definition) is 2. The molecule has 4 heteroatoms. The van der Waals surface area contributed by atoms with Crippen molar-refractivity contribution in [3.63, 3.8) is 0 Å². The van der Waals surface area contributed by atoms with E-state index in [1.807, 2.05) is 13.8 Å². The molecule has 0 bridgehead atoms. The van der Waals surface area contributed by atoms with Crippen LogP contribution in [0.5, 0.6) is 0 Å². The van der Waals surface area contributed by atoms with Gasteiger partial charge in [-0.15, -0.1) is 0 Å². The van der Waals surface area contributed by atoms with Gasteiger partial charge in [0.1, 0.15) is 5.82 Å². The molecule has 2 rings (SSSR count). The molecule has 0 heterocycles. The van der Waals surface area contributed by atoms with Gasteiger partial charge in [-0.2, -0.15) is 0 Å². The van der Waals surface area contributed by atoms with Gasteiger partial charge in [-0.1, -0.05) is 19.9 Å². The molecule has 1 aromatic rings. The van der Waals surface area contributed by atoms with Crippen molar-refractivity contribution in [2.24, 2.45) is 5.92 Å². The standard InChI is InChI=1S/C15H19FO3/c1-9(2)14-12-4-3-11(16)7-10(12)5-6-15(14,19)8-13(17)18/h3-4,7,9,14,19H,5-6,8H2,1-2H3,(H,17,18)/t14-,15-/m0/s1. The average molecular weight is 266 g/mol. The van der Waals surface area contributed by atoms with E-state index in [0.29, 0.717) is 12.8 Å². The van der Waals surface area contributed by atoms with E-state index in [4.69, 9.17) is 5.11 Å². The first-order valence-corrected chi connectivity index (χ1v) is 6.56. The molecule has 0 saturated carbocycles. The van der Waals surface area contributed by atoms with Gasteiger partial charge >= 0.3 is 5.97 Å². The Bertz CT molecular complexity index is 498. The fourth-order valence-corrected chi connectivity index (χ4v) is 3.33. The first kappa shape index (κ1) is 14.0. The monoisotopic (exact) mass is 266 g/mol. The quantitative estimate of drug-likeness (QED) is 0.884. The number of aliphatic carboxylic acids is 1. The molecule has 1 aliphatic rings. The minimum absolute atomic E-state index is 0.0915. The summed E-state index contributed by atoms with van der Waals surface area (Å²) < 4.78 is 13.3. The normalized spacial score (nSPS) is 26.3. The Labute approximate surface area is 112 Å². The van der Waals surface area contributed by atoms with Gasteiger partial charge in [0.15, 0.2) is 0 Å². The minimum Gasteiger partial charge on any atom is -0.481 e. The van der Waals surface area contributed by atoms with Gasteiger partial charge in [-0.3, -0.25) is 4.79 Å². The van der Waals surface area contributed by atoms with Gasteiger partial charge < -0.3 is 10.2 Å². The third-order valence-corrected chi connectivity index (χ3v) is 3.97. The summed E-state index contributed by atoms with van der Waals surface area (Å²) in [6, 6.07) is 4.55. The van der Waals surface area contributed by atoms with Crippen LogP contribution < -0.4 is 0 Å². The molecule has 104 valence electrons. The van der Waals surface area contributed by atoms with Crippen LogP contribution >= 0.6 is 0 Å². The van der Waals surface area contributed by atoms with Crippen LogP contribution in [0.2, 0.25) is 0 Å². The molecule has 3 nitrogen and oxygen atoms in total. The van der Waals surface area contributed by atoms with Crippen molar-refractivity contribution in [1.29, 1.82) is 0 Å². The number of hydrogen-bond donors (Lipinski definition) is 2. The second-order valence-corrected chi connectivity index (χ2v) is 5.74. The first-order valence-electron chi connectivity index (χ1n) is 6.56. The van der Waals surface area contributed by atoms with Crippen LogP contribution in [0.4, 0.5) is 4.39 Å². The number of carboxylic acids is 1. The predicted molar refractivity (Wildman–Crippen MR) is 69.5 cm³/mol. The summed E-state index contributed by atoms with van der Waals surface area (Å²) in [7, 11) is 0. The second-order valence-electron chi connectivity index (χ2n) is 5.74. The fraction of sp³-hybridized carbons (Fsp3) is 0.533. The van der Waals surface area contributed by atoms with Crippen LogP contribution in [-0.2, 0) is 11.2 Å². The minimum atomic E-state index is -1.25. The maximum absolute atomic E-state index is 13.3. The summed E-state index contributed by atoms with van der Waals surface area (Å²) >= 11 is 0. The molecule has 0 spiro atoms. The highest BCUT2D eigenvalue weighted by Crippen LogP contribution is 2.45. The summed E-state index contributed by atoms with van der Waals surface area (Å²) in [5, 5.41) is 19.7. The van der Waals surface area contributed by atoms with E-state index in [1.165, 1.54) is 12.1 Å². The number of fused-ring (bicyclic) bond motifs is 1. The molecular formula is C15H19FO3. The van der Waals surface area contributed by atoms with Gasteiger partial charge in [0.2, 0.25) is 0 Å². The van der Waals surface area contributed by atoms with Gasteiger partial charge in [-0.25, -0.2) is 4.39 Å². The number of halogens is 1. The lowest BCUT2D eigenvalue weighted by Crippen LogP contribution is -2.44. The van der Waals surface area contributed by atoms with Crippen molar-refractivity contribution in [1.82, 2.24) is 0 Å². The second kappa shape index (κ2) is 4.93. The molecule has 0 fully saturated rings. The van der Waals surface area contributed by atoms with Gasteiger partial charge in [0.05, 0.1) is 12.0 Å². The zero-order valence-corrected chi connectivity index (χ0v) is 11.2. The van der Waals surface area contributed by atoms with Crippen LogP contribution in [0.1, 0.15) is 43.7 Å². The van der Waals surface area contributed by atoms with E-state index in [-0.39, 0.29) is 24.1 Å². The average Bonchev–Trinajstić information content (AvgIpc) is 2.27. The maximum atomic E-state index is 13.3. The Morgan fingerprint density at radius 3 is 2.79 bits per heavy atom. The number of aliphatic hydroxyl groups is 1. The molecular weight excluding hydrogens is 247 g/mol. The Balaban J connectivity index is 2.46. The fourth-order valence-electron chi connectivity index (χ4n) is 3.33. The molecule has 2 atom stereocenters. The van der Waals surface area contributed by atoms with E-state index in [1.54, 1.807) is 6.07 Å². The molecule has 1 aliphatic carbocycles. The smallest absolute Gasteiger partial charge is 0.306 e. The van der Waals surface area contributed by atoms with Crippen molar-refractivity contribution < 1.29 is 19.4 Å². The van der Waals surface area contributed by atoms with Crippen molar-refractivity contribution in [3.05, 3.63) is 35.1 Å². The van der Waals surface area contributed by atoms with Crippen LogP contribution in [-0.4, -0.2) is 21.8 Å². The topological polar surface area (TPSA) is 57.5 Å². The lowest BCUT2D eigenvalue weighted by atomic mass is 9.66. The summed E-state index contributed by atoms with van der Waals surface area (Å²) in [5.74, 6) is -1.47. The Kier molecular flexibility index (Phi) is 3.63. The summed E-state index contributed by atoms with van der Waals surface area (Å²) in [6.07, 6.45) is 0.603. The lowest BCUT2D eigenvalue weighted by Gasteiger charge is -2.42. The van der Waals surface area contributed by atoms with Gasteiger partial charge in [-0.05, 0) is 42.0 Å². The van der Waals surface area contributed by atoms with E-state index in [9.17, 15) is 14.3 Å². The number of rotatable bonds is 3. The Morgan fingerprint density at radius 2 is 2.21 bits per heavy atom. The lowest BCUT2D eigenvalue weighted by molar-refractivity contribution is -0.145. The highest BCUT2D eigenvalue weighted by atomic mass is 19.1. The first-order chi connectivity index (χ1) is 8.83. The summed E-state index contributed by atoms with van der Waals surface area (Å²) in [5.41, 5.74) is 0.519. The highest BCUT2D eigenvalue weighted by molar-refractivity contribution is 5.68. The van der Waals surface area contributed by atoms with Crippen molar-refractivity contribution in [2.75, 3.05) is 0 Å². The molecule has 0 aliphatic heterocycles. The zero-order valence-electron chi connectivity index (χ0n) is 11.2. The number of benzene rings is 1. The molecule has 2 N–H and O–H groups in total. The van der Waals surface area contributed by atoms with E-state index < -0.39 is 11.6 Å². The van der Waals surface area contributed by atoms with Crippen molar-refractivity contribution in [2.45, 2.75) is 44.6 Å². The predicted octanol–water partition coefficient (Wildman–Crippen LogP) is 2.72. The maximum Gasteiger partial charge on any atom is 0.306 e. The summed E-state index contributed by atoms with van der Waals surface area (Å²) in [6.45, 7) is 3.91. The molecule has 0 saturated heterocycles. The van der Waals surface area contributed by atoms with Crippen LogP contribution in [0.3, 0.4) is 0 Å².